The topological polar surface area (TPSA) is 75.2 Å². The van der Waals surface area contributed by atoms with Crippen molar-refractivity contribution in [2.24, 2.45) is 5.92 Å². The molecule has 1 aliphatic heterocycles. The molecule has 1 saturated heterocycles. The molecule has 8 heteroatoms. The van der Waals surface area contributed by atoms with Crippen molar-refractivity contribution in [3.05, 3.63) is 65.2 Å². The summed E-state index contributed by atoms with van der Waals surface area (Å²) >= 11 is 3.04. The Balaban J connectivity index is 1.35. The van der Waals surface area contributed by atoms with E-state index in [-0.39, 0.29) is 18.2 Å². The van der Waals surface area contributed by atoms with Gasteiger partial charge in [-0.2, -0.15) is 0 Å². The molecule has 4 rings (SSSR count). The molecule has 6 nitrogen and oxygen atoms in total. The summed E-state index contributed by atoms with van der Waals surface area (Å²) in [6.45, 7) is 2.34. The number of carbonyl (C=O) groups is 2. The summed E-state index contributed by atoms with van der Waals surface area (Å²) in [5.74, 6) is 0.0817. The van der Waals surface area contributed by atoms with Crippen LogP contribution in [0.25, 0.3) is 0 Å². The number of nitrogens with zero attached hydrogens (tertiary/aromatic N) is 3. The summed E-state index contributed by atoms with van der Waals surface area (Å²) in [6.07, 6.45) is 0.204. The minimum Gasteiger partial charge on any atom is -0.311 e. The van der Waals surface area contributed by atoms with Crippen LogP contribution in [0.4, 0.5) is 10.8 Å². The van der Waals surface area contributed by atoms with E-state index in [2.05, 4.69) is 15.5 Å². The lowest BCUT2D eigenvalue weighted by Gasteiger charge is -2.18. The first-order valence-electron chi connectivity index (χ1n) is 9.27. The maximum atomic E-state index is 12.7. The van der Waals surface area contributed by atoms with Crippen molar-refractivity contribution in [3.63, 3.8) is 0 Å². The molecular formula is C21H20N4O2S2. The van der Waals surface area contributed by atoms with E-state index in [1.165, 1.54) is 11.3 Å². The number of carbonyl (C=O) groups excluding carboxylic acids is 2. The summed E-state index contributed by atoms with van der Waals surface area (Å²) in [5, 5.41) is 12.4. The van der Waals surface area contributed by atoms with Crippen molar-refractivity contribution < 1.29 is 9.59 Å². The number of thioether (sulfide) groups is 1. The highest BCUT2D eigenvalue weighted by atomic mass is 32.2. The number of amides is 2. The van der Waals surface area contributed by atoms with Crippen LogP contribution in [-0.2, 0) is 15.3 Å². The van der Waals surface area contributed by atoms with Crippen LogP contribution >= 0.6 is 23.1 Å². The molecule has 1 aliphatic rings. The third-order valence-electron chi connectivity index (χ3n) is 4.70. The third-order valence-corrected chi connectivity index (χ3v) is 6.75. The second-order valence-corrected chi connectivity index (χ2v) is 8.89. The van der Waals surface area contributed by atoms with Crippen molar-refractivity contribution in [1.82, 2.24) is 10.2 Å². The van der Waals surface area contributed by atoms with Crippen molar-refractivity contribution in [2.45, 2.75) is 24.0 Å². The molecule has 2 heterocycles. The van der Waals surface area contributed by atoms with E-state index in [4.69, 9.17) is 0 Å². The van der Waals surface area contributed by atoms with Gasteiger partial charge in [-0.15, -0.1) is 22.0 Å². The molecule has 2 amide bonds. The van der Waals surface area contributed by atoms with Crippen LogP contribution < -0.4 is 10.2 Å². The van der Waals surface area contributed by atoms with Crippen LogP contribution in [0.1, 0.15) is 17.0 Å². The Morgan fingerprint density at radius 3 is 2.72 bits per heavy atom. The summed E-state index contributed by atoms with van der Waals surface area (Å²) in [5.41, 5.74) is 1.88. The van der Waals surface area contributed by atoms with Crippen LogP contribution in [0.3, 0.4) is 0 Å². The van der Waals surface area contributed by atoms with E-state index >= 15 is 0 Å². The van der Waals surface area contributed by atoms with E-state index < -0.39 is 5.92 Å². The molecule has 0 spiro atoms. The Labute approximate surface area is 177 Å². The predicted molar refractivity (Wildman–Crippen MR) is 116 cm³/mol. The second-order valence-electron chi connectivity index (χ2n) is 6.78. The van der Waals surface area contributed by atoms with Crippen molar-refractivity contribution in [1.29, 1.82) is 0 Å². The first kappa shape index (κ1) is 19.6. The fraction of sp³-hybridized carbons (Fsp3) is 0.238. The highest BCUT2D eigenvalue weighted by Crippen LogP contribution is 2.29. The Kier molecular flexibility index (Phi) is 5.92. The number of anilines is 2. The van der Waals surface area contributed by atoms with E-state index in [1.807, 2.05) is 61.5 Å². The lowest BCUT2D eigenvalue weighted by molar-refractivity contribution is -0.122. The molecule has 3 aromatic rings. The maximum Gasteiger partial charge on any atom is 0.231 e. The maximum absolute atomic E-state index is 12.7. The van der Waals surface area contributed by atoms with Crippen LogP contribution in [0.5, 0.6) is 0 Å². The van der Waals surface area contributed by atoms with Gasteiger partial charge in [0.15, 0.2) is 0 Å². The number of nitrogens with one attached hydrogen (secondary N) is 1. The number of aryl methyl sites for hydroxylation is 1. The lowest BCUT2D eigenvalue weighted by atomic mass is 10.1. The monoisotopic (exact) mass is 424 g/mol. The van der Waals surface area contributed by atoms with Crippen molar-refractivity contribution in [2.75, 3.05) is 16.8 Å². The molecule has 0 radical (unpaired) electrons. The molecule has 29 heavy (non-hydrogen) atoms. The molecule has 148 valence electrons. The highest BCUT2D eigenvalue weighted by Gasteiger charge is 2.35. The van der Waals surface area contributed by atoms with Crippen molar-refractivity contribution in [3.8, 4) is 0 Å². The molecule has 0 bridgehead atoms. The van der Waals surface area contributed by atoms with Gasteiger partial charge in [0.2, 0.25) is 16.9 Å². The zero-order valence-corrected chi connectivity index (χ0v) is 17.5. The van der Waals surface area contributed by atoms with Gasteiger partial charge in [0.25, 0.3) is 0 Å². The van der Waals surface area contributed by atoms with Crippen molar-refractivity contribution >= 4 is 45.7 Å². The third kappa shape index (κ3) is 4.65. The van der Waals surface area contributed by atoms with E-state index in [0.29, 0.717) is 17.4 Å². The molecule has 1 aromatic heterocycles. The van der Waals surface area contributed by atoms with Gasteiger partial charge in [-0.1, -0.05) is 47.7 Å². The molecule has 2 aromatic carbocycles. The predicted octanol–water partition coefficient (Wildman–Crippen LogP) is 4.13. The number of para-hydroxylation sites is 1. The fourth-order valence-electron chi connectivity index (χ4n) is 3.21. The SMILES string of the molecule is Cc1ccccc1N1C[C@@H](C(=O)Nc2nnc(CSc3ccccc3)s2)CC1=O. The van der Waals surface area contributed by atoms with E-state index in [9.17, 15) is 9.59 Å². The number of hydrogen-bond acceptors (Lipinski definition) is 6. The van der Waals surface area contributed by atoms with Crippen LogP contribution in [-0.4, -0.2) is 28.6 Å². The van der Waals surface area contributed by atoms with Gasteiger partial charge in [0.05, 0.1) is 11.7 Å². The van der Waals surface area contributed by atoms with E-state index in [1.54, 1.807) is 16.7 Å². The Hall–Kier alpha value is -2.71. The van der Waals surface area contributed by atoms with Gasteiger partial charge >= 0.3 is 0 Å². The largest absolute Gasteiger partial charge is 0.311 e. The van der Waals surface area contributed by atoms with Crippen LogP contribution in [0, 0.1) is 12.8 Å². The molecular weight excluding hydrogens is 404 g/mol. The number of aromatic nitrogens is 2. The summed E-state index contributed by atoms with van der Waals surface area (Å²) in [6, 6.07) is 17.8. The number of benzene rings is 2. The molecule has 0 aliphatic carbocycles. The highest BCUT2D eigenvalue weighted by molar-refractivity contribution is 7.98. The summed E-state index contributed by atoms with van der Waals surface area (Å²) in [4.78, 5) is 27.9. The van der Waals surface area contributed by atoms with Crippen LogP contribution in [0.15, 0.2) is 59.5 Å². The Morgan fingerprint density at radius 1 is 1.17 bits per heavy atom. The minimum atomic E-state index is -0.395. The fourth-order valence-corrected chi connectivity index (χ4v) is 4.86. The quantitative estimate of drug-likeness (QED) is 0.602. The average molecular weight is 425 g/mol. The zero-order valence-electron chi connectivity index (χ0n) is 15.9. The summed E-state index contributed by atoms with van der Waals surface area (Å²) < 4.78 is 0. The normalized spacial score (nSPS) is 16.2. The lowest BCUT2D eigenvalue weighted by Crippen LogP contribution is -2.28. The molecule has 1 atom stereocenters. The molecule has 0 unspecified atom stereocenters. The van der Waals surface area contributed by atoms with Crippen LogP contribution in [0.2, 0.25) is 0 Å². The molecule has 1 N–H and O–H groups in total. The average Bonchev–Trinajstić information content (AvgIpc) is 3.34. The van der Waals surface area contributed by atoms with Gasteiger partial charge in [-0.05, 0) is 30.7 Å². The second kappa shape index (κ2) is 8.75. The number of rotatable bonds is 6. The Bertz CT molecular complexity index is 1020. The molecule has 0 saturated carbocycles. The van der Waals surface area contributed by atoms with E-state index in [0.717, 1.165) is 21.2 Å². The first-order valence-corrected chi connectivity index (χ1v) is 11.1. The van der Waals surface area contributed by atoms with Gasteiger partial charge in [-0.25, -0.2) is 0 Å². The smallest absolute Gasteiger partial charge is 0.231 e. The summed E-state index contributed by atoms with van der Waals surface area (Å²) in [7, 11) is 0. The van der Waals surface area contributed by atoms with Gasteiger partial charge in [0, 0.05) is 23.5 Å². The van der Waals surface area contributed by atoms with Gasteiger partial charge < -0.3 is 10.2 Å². The van der Waals surface area contributed by atoms with Gasteiger partial charge in [-0.3, -0.25) is 9.59 Å². The molecule has 1 fully saturated rings. The number of hydrogen-bond donors (Lipinski definition) is 1. The zero-order chi connectivity index (χ0) is 20.2. The Morgan fingerprint density at radius 2 is 1.93 bits per heavy atom. The standard InChI is InChI=1S/C21H20N4O2S2/c1-14-7-5-6-10-17(14)25-12-15(11-19(25)26)20(27)22-21-24-23-18(29-21)13-28-16-8-3-2-4-9-16/h2-10,15H,11-13H2,1H3,(H,22,24,27)/t15-/m0/s1. The first-order chi connectivity index (χ1) is 14.1. The van der Waals surface area contributed by atoms with Gasteiger partial charge in [0.1, 0.15) is 5.01 Å². The minimum absolute atomic E-state index is 0.0309.